The molecule has 4 nitrogen and oxygen atoms in total. The molecule has 0 bridgehead atoms. The molecule has 3 unspecified atom stereocenters. The van der Waals surface area contributed by atoms with Crippen LogP contribution in [-0.2, 0) is 16.0 Å². The number of nitrogens with one attached hydrogen (secondary N) is 1. The molecule has 1 aromatic rings. The lowest BCUT2D eigenvalue weighted by atomic mass is 9.78. The van der Waals surface area contributed by atoms with Crippen LogP contribution in [0.15, 0.2) is 5.38 Å². The van der Waals surface area contributed by atoms with E-state index in [-0.39, 0.29) is 12.4 Å². The number of nitrogens with zero attached hydrogens (tertiary/aromatic N) is 1. The van der Waals surface area contributed by atoms with Crippen LogP contribution in [-0.4, -0.2) is 23.6 Å². The van der Waals surface area contributed by atoms with Gasteiger partial charge in [-0.05, 0) is 25.2 Å². The Morgan fingerprint density at radius 1 is 1.50 bits per heavy atom. The van der Waals surface area contributed by atoms with Crippen LogP contribution >= 0.6 is 11.3 Å². The summed E-state index contributed by atoms with van der Waals surface area (Å²) in [6, 6.07) is 0.500. The molecule has 0 aromatic carbocycles. The quantitative estimate of drug-likeness (QED) is 0.845. The lowest BCUT2D eigenvalue weighted by Crippen LogP contribution is -2.34. The summed E-state index contributed by atoms with van der Waals surface area (Å²) < 4.78 is 4.94. The van der Waals surface area contributed by atoms with E-state index in [1.165, 1.54) is 19.3 Å². The minimum atomic E-state index is -0.205. The van der Waals surface area contributed by atoms with Crippen LogP contribution in [0.1, 0.15) is 45.7 Å². The second-order valence-corrected chi connectivity index (χ2v) is 6.50. The number of hydrogen-bond acceptors (Lipinski definition) is 5. The first-order valence-electron chi connectivity index (χ1n) is 7.46. The van der Waals surface area contributed by atoms with Crippen molar-refractivity contribution in [3.63, 3.8) is 0 Å². The minimum absolute atomic E-state index is 0.205. The number of carbonyl (C=O) groups is 1. The Labute approximate surface area is 124 Å². The van der Waals surface area contributed by atoms with Crippen LogP contribution in [0.3, 0.4) is 0 Å². The largest absolute Gasteiger partial charge is 0.466 e. The van der Waals surface area contributed by atoms with Gasteiger partial charge in [-0.15, -0.1) is 11.3 Å². The van der Waals surface area contributed by atoms with Gasteiger partial charge in [0.25, 0.3) is 0 Å². The van der Waals surface area contributed by atoms with E-state index >= 15 is 0 Å². The van der Waals surface area contributed by atoms with E-state index in [9.17, 15) is 4.79 Å². The Morgan fingerprint density at radius 2 is 2.30 bits per heavy atom. The predicted octanol–water partition coefficient (Wildman–Crippen LogP) is 3.49. The summed E-state index contributed by atoms with van der Waals surface area (Å²) in [6.07, 6.45) is 4.08. The Morgan fingerprint density at radius 3 is 3.05 bits per heavy atom. The second-order valence-electron chi connectivity index (χ2n) is 5.64. The number of hydrogen-bond donors (Lipinski definition) is 1. The first-order valence-corrected chi connectivity index (χ1v) is 8.34. The van der Waals surface area contributed by atoms with Crippen molar-refractivity contribution in [2.75, 3.05) is 11.9 Å². The van der Waals surface area contributed by atoms with E-state index in [2.05, 4.69) is 24.1 Å². The fourth-order valence-corrected chi connectivity index (χ4v) is 3.53. The van der Waals surface area contributed by atoms with Crippen LogP contribution in [0.5, 0.6) is 0 Å². The van der Waals surface area contributed by atoms with Gasteiger partial charge in [0, 0.05) is 11.4 Å². The van der Waals surface area contributed by atoms with Crippen molar-refractivity contribution in [3.8, 4) is 0 Å². The summed E-state index contributed by atoms with van der Waals surface area (Å²) in [7, 11) is 0. The predicted molar refractivity (Wildman–Crippen MR) is 82.0 cm³/mol. The minimum Gasteiger partial charge on any atom is -0.466 e. The maximum atomic E-state index is 11.4. The summed E-state index contributed by atoms with van der Waals surface area (Å²) >= 11 is 1.58. The van der Waals surface area contributed by atoms with Crippen LogP contribution in [0, 0.1) is 11.8 Å². The molecular formula is C15H24N2O2S. The number of anilines is 1. The summed E-state index contributed by atoms with van der Waals surface area (Å²) in [6.45, 7) is 6.88. The van der Waals surface area contributed by atoms with E-state index in [0.717, 1.165) is 16.7 Å². The highest BCUT2D eigenvalue weighted by Crippen LogP contribution is 2.32. The molecule has 1 fully saturated rings. The third kappa shape index (κ3) is 3.95. The van der Waals surface area contributed by atoms with Gasteiger partial charge in [-0.25, -0.2) is 4.98 Å². The molecule has 20 heavy (non-hydrogen) atoms. The summed E-state index contributed by atoms with van der Waals surface area (Å²) in [5.74, 6) is 1.23. The van der Waals surface area contributed by atoms with Crippen molar-refractivity contribution < 1.29 is 9.53 Å². The summed E-state index contributed by atoms with van der Waals surface area (Å²) in [5, 5.41) is 6.41. The first kappa shape index (κ1) is 15.3. The van der Waals surface area contributed by atoms with Gasteiger partial charge in [0.15, 0.2) is 5.13 Å². The van der Waals surface area contributed by atoms with Gasteiger partial charge in [0.1, 0.15) is 0 Å². The molecule has 0 radical (unpaired) electrons. The Hall–Kier alpha value is -1.10. The SMILES string of the molecule is CCOC(=O)Cc1csc(NC2CCCC(C)C2C)n1. The summed E-state index contributed by atoms with van der Waals surface area (Å²) in [5.41, 5.74) is 0.799. The van der Waals surface area contributed by atoms with Crippen LogP contribution in [0.25, 0.3) is 0 Å². The maximum Gasteiger partial charge on any atom is 0.311 e. The number of rotatable bonds is 5. The number of esters is 1. The molecule has 3 atom stereocenters. The van der Waals surface area contributed by atoms with Gasteiger partial charge >= 0.3 is 5.97 Å². The standard InChI is InChI=1S/C15H24N2O2S/c1-4-19-14(18)8-12-9-20-15(16-12)17-13-7-5-6-10(2)11(13)3/h9-11,13H,4-8H2,1-3H3,(H,16,17). The molecule has 1 N–H and O–H groups in total. The molecule has 5 heteroatoms. The monoisotopic (exact) mass is 296 g/mol. The van der Waals surface area contributed by atoms with Gasteiger partial charge in [0.2, 0.25) is 0 Å². The van der Waals surface area contributed by atoms with Crippen molar-refractivity contribution in [3.05, 3.63) is 11.1 Å². The van der Waals surface area contributed by atoms with E-state index in [4.69, 9.17) is 4.74 Å². The Bertz CT molecular complexity index is 447. The summed E-state index contributed by atoms with van der Waals surface area (Å²) in [4.78, 5) is 15.9. The fourth-order valence-electron chi connectivity index (χ4n) is 2.76. The molecule has 1 aliphatic carbocycles. The van der Waals surface area contributed by atoms with Crippen molar-refractivity contribution in [1.82, 2.24) is 4.98 Å². The lowest BCUT2D eigenvalue weighted by Gasteiger charge is -2.34. The van der Waals surface area contributed by atoms with Gasteiger partial charge in [-0.2, -0.15) is 0 Å². The molecule has 2 rings (SSSR count). The molecule has 0 saturated heterocycles. The number of thiazole rings is 1. The zero-order valence-electron chi connectivity index (χ0n) is 12.5. The van der Waals surface area contributed by atoms with Crippen LogP contribution < -0.4 is 5.32 Å². The third-order valence-corrected chi connectivity index (χ3v) is 5.02. The number of carbonyl (C=O) groups excluding carboxylic acids is 1. The van der Waals surface area contributed by atoms with Crippen molar-refractivity contribution in [2.45, 2.75) is 52.5 Å². The van der Waals surface area contributed by atoms with Crippen molar-refractivity contribution >= 4 is 22.4 Å². The molecule has 112 valence electrons. The van der Waals surface area contributed by atoms with E-state index in [0.29, 0.717) is 18.6 Å². The molecule has 0 amide bonds. The molecule has 1 heterocycles. The normalized spacial score (nSPS) is 26.2. The van der Waals surface area contributed by atoms with E-state index in [1.807, 2.05) is 12.3 Å². The number of aromatic nitrogens is 1. The smallest absolute Gasteiger partial charge is 0.311 e. The Kier molecular flexibility index (Phi) is 5.40. The van der Waals surface area contributed by atoms with E-state index < -0.39 is 0 Å². The van der Waals surface area contributed by atoms with Crippen molar-refractivity contribution in [1.29, 1.82) is 0 Å². The molecule has 1 aliphatic rings. The molecule has 0 spiro atoms. The molecule has 0 aliphatic heterocycles. The van der Waals surface area contributed by atoms with Crippen LogP contribution in [0.4, 0.5) is 5.13 Å². The molecular weight excluding hydrogens is 272 g/mol. The number of ether oxygens (including phenoxy) is 1. The van der Waals surface area contributed by atoms with Crippen molar-refractivity contribution in [2.24, 2.45) is 11.8 Å². The van der Waals surface area contributed by atoms with Gasteiger partial charge in [0.05, 0.1) is 18.7 Å². The lowest BCUT2D eigenvalue weighted by molar-refractivity contribution is -0.142. The second kappa shape index (κ2) is 7.07. The average molecular weight is 296 g/mol. The van der Waals surface area contributed by atoms with Gasteiger partial charge < -0.3 is 10.1 Å². The average Bonchev–Trinajstić information content (AvgIpc) is 2.82. The third-order valence-electron chi connectivity index (χ3n) is 4.20. The highest BCUT2D eigenvalue weighted by atomic mass is 32.1. The van der Waals surface area contributed by atoms with Crippen LogP contribution in [0.2, 0.25) is 0 Å². The topological polar surface area (TPSA) is 51.2 Å². The fraction of sp³-hybridized carbons (Fsp3) is 0.733. The molecule has 1 aromatic heterocycles. The van der Waals surface area contributed by atoms with Gasteiger partial charge in [-0.1, -0.05) is 26.7 Å². The highest BCUT2D eigenvalue weighted by Gasteiger charge is 2.27. The first-order chi connectivity index (χ1) is 9.60. The Balaban J connectivity index is 1.90. The molecule has 1 saturated carbocycles. The zero-order chi connectivity index (χ0) is 14.5. The van der Waals surface area contributed by atoms with E-state index in [1.54, 1.807) is 11.3 Å². The zero-order valence-corrected chi connectivity index (χ0v) is 13.3. The highest BCUT2D eigenvalue weighted by molar-refractivity contribution is 7.13. The maximum absolute atomic E-state index is 11.4. The van der Waals surface area contributed by atoms with Gasteiger partial charge in [-0.3, -0.25) is 4.79 Å².